The van der Waals surface area contributed by atoms with Crippen molar-refractivity contribution in [2.75, 3.05) is 5.75 Å². The van der Waals surface area contributed by atoms with Gasteiger partial charge in [0.05, 0.1) is 5.75 Å². The van der Waals surface area contributed by atoms with Crippen LogP contribution in [-0.2, 0) is 36.3 Å². The number of carbonyl (C=O) groups is 2. The Kier molecular flexibility index (Phi) is 9.47. The summed E-state index contributed by atoms with van der Waals surface area (Å²) in [5, 5.41) is 0. The van der Waals surface area contributed by atoms with Crippen molar-refractivity contribution in [3.05, 3.63) is 120 Å². The van der Waals surface area contributed by atoms with Crippen molar-refractivity contribution in [3.63, 3.8) is 0 Å². The smallest absolute Gasteiger partial charge is 0.421 e. The second-order valence-corrected chi connectivity index (χ2v) is 11.6. The predicted octanol–water partition coefficient (Wildman–Crippen LogP) is 5.52. The average Bonchev–Trinajstić information content (AvgIpc) is 2.87. The minimum atomic E-state index is -4.19. The highest BCUT2D eigenvalue weighted by Crippen LogP contribution is 2.37. The van der Waals surface area contributed by atoms with E-state index in [1.54, 1.807) is 51.1 Å². The molecule has 0 aliphatic heterocycles. The Morgan fingerprint density at radius 3 is 1.82 bits per heavy atom. The van der Waals surface area contributed by atoms with Crippen molar-refractivity contribution in [2.45, 2.75) is 44.8 Å². The number of carbonyl (C=O) groups excluding carboxylic acids is 2. The van der Waals surface area contributed by atoms with Crippen LogP contribution in [0.4, 0.5) is 4.79 Å². The molecule has 1 amide bonds. The lowest BCUT2D eigenvalue weighted by Crippen LogP contribution is -2.42. The Balaban J connectivity index is 1.91. The Morgan fingerprint density at radius 1 is 0.816 bits per heavy atom. The van der Waals surface area contributed by atoms with E-state index >= 15 is 0 Å². The van der Waals surface area contributed by atoms with Gasteiger partial charge in [-0.05, 0) is 43.9 Å². The van der Waals surface area contributed by atoms with Gasteiger partial charge in [-0.1, -0.05) is 97.1 Å². The number of sulfonamides is 1. The molecule has 0 heterocycles. The van der Waals surface area contributed by atoms with Gasteiger partial charge < -0.3 is 9.47 Å². The monoisotopic (exact) mass is 535 g/mol. The van der Waals surface area contributed by atoms with E-state index in [9.17, 15) is 18.0 Å². The van der Waals surface area contributed by atoms with E-state index in [0.717, 1.165) is 5.56 Å². The van der Waals surface area contributed by atoms with Crippen LogP contribution in [0.1, 0.15) is 43.9 Å². The van der Waals surface area contributed by atoms with Gasteiger partial charge in [0.15, 0.2) is 0 Å². The van der Waals surface area contributed by atoms with Crippen LogP contribution >= 0.6 is 0 Å². The maximum absolute atomic E-state index is 13.4. The maximum atomic E-state index is 13.4. The highest BCUT2D eigenvalue weighted by Gasteiger charge is 2.39. The molecular formula is C30H33NO6S. The third-order valence-corrected chi connectivity index (χ3v) is 7.02. The summed E-state index contributed by atoms with van der Waals surface area (Å²) in [5.74, 6) is -0.995. The van der Waals surface area contributed by atoms with Crippen molar-refractivity contribution >= 4 is 22.1 Å². The molecule has 200 valence electrons. The highest BCUT2D eigenvalue weighted by molar-refractivity contribution is 7.90. The van der Waals surface area contributed by atoms with Crippen LogP contribution in [0.3, 0.4) is 0 Å². The molecule has 7 nitrogen and oxygen atoms in total. The summed E-state index contributed by atoms with van der Waals surface area (Å²) in [6.07, 6.45) is 2.01. The van der Waals surface area contributed by atoms with Gasteiger partial charge in [0, 0.05) is 11.5 Å². The third-order valence-electron chi connectivity index (χ3n) is 5.67. The second kappa shape index (κ2) is 12.6. The first kappa shape index (κ1) is 28.7. The van der Waals surface area contributed by atoms with Crippen LogP contribution in [0.25, 0.3) is 0 Å². The fourth-order valence-corrected chi connectivity index (χ4v) is 5.56. The Morgan fingerprint density at radius 2 is 1.32 bits per heavy atom. The first-order chi connectivity index (χ1) is 18.0. The molecule has 0 radical (unpaired) electrons. The standard InChI is InChI=1S/C30H33NO6S/c1-29(2,3)37-27(32)20-13-21-30(25-16-9-5-10-17-25,26-18-11-6-12-19-26)23-38(34,35)31-28(33)36-22-24-14-7-4-8-15-24/h4-20H,21-23H2,1-3H3,(H,31,33)/b20-13+. The third kappa shape index (κ3) is 8.59. The molecular weight excluding hydrogens is 502 g/mol. The topological polar surface area (TPSA) is 98.8 Å². The van der Waals surface area contributed by atoms with Gasteiger partial charge >= 0.3 is 12.1 Å². The molecule has 0 unspecified atom stereocenters. The van der Waals surface area contributed by atoms with Gasteiger partial charge in [0.1, 0.15) is 12.2 Å². The van der Waals surface area contributed by atoms with Crippen LogP contribution in [0.2, 0.25) is 0 Å². The number of amides is 1. The number of ether oxygens (including phenoxy) is 2. The summed E-state index contributed by atoms with van der Waals surface area (Å²) in [6.45, 7) is 5.24. The molecule has 0 aliphatic carbocycles. The zero-order valence-electron chi connectivity index (χ0n) is 21.8. The Hall–Kier alpha value is -3.91. The minimum Gasteiger partial charge on any atom is -0.457 e. The molecule has 1 N–H and O–H groups in total. The molecule has 0 aliphatic rings. The second-order valence-electron chi connectivity index (χ2n) is 9.88. The fraction of sp³-hybridized carbons (Fsp3) is 0.267. The molecule has 0 fully saturated rings. The van der Waals surface area contributed by atoms with Crippen molar-refractivity contribution in [3.8, 4) is 0 Å². The maximum Gasteiger partial charge on any atom is 0.421 e. The predicted molar refractivity (Wildman–Crippen MR) is 147 cm³/mol. The summed E-state index contributed by atoms with van der Waals surface area (Å²) >= 11 is 0. The number of esters is 1. The zero-order valence-corrected chi connectivity index (χ0v) is 22.6. The summed E-state index contributed by atoms with van der Waals surface area (Å²) in [6, 6.07) is 27.2. The number of hydrogen-bond acceptors (Lipinski definition) is 6. The highest BCUT2D eigenvalue weighted by atomic mass is 32.2. The summed E-state index contributed by atoms with van der Waals surface area (Å²) in [7, 11) is -4.19. The van der Waals surface area contributed by atoms with Gasteiger partial charge in [-0.3, -0.25) is 0 Å². The normalized spacial score (nSPS) is 12.2. The minimum absolute atomic E-state index is 0.0661. The number of rotatable bonds is 10. The van der Waals surface area contributed by atoms with Crippen LogP contribution in [0.15, 0.2) is 103 Å². The average molecular weight is 536 g/mol. The van der Waals surface area contributed by atoms with Crippen molar-refractivity contribution in [1.29, 1.82) is 0 Å². The molecule has 0 spiro atoms. The first-order valence-corrected chi connectivity index (χ1v) is 13.9. The van der Waals surface area contributed by atoms with Gasteiger partial charge in [0.2, 0.25) is 10.0 Å². The molecule has 8 heteroatoms. The van der Waals surface area contributed by atoms with E-state index in [0.29, 0.717) is 11.1 Å². The van der Waals surface area contributed by atoms with Crippen molar-refractivity contribution in [1.82, 2.24) is 4.72 Å². The van der Waals surface area contributed by atoms with E-state index < -0.39 is 38.9 Å². The Labute approximate surface area is 224 Å². The quantitative estimate of drug-likeness (QED) is 0.271. The number of nitrogens with one attached hydrogen (secondary N) is 1. The van der Waals surface area contributed by atoms with Crippen LogP contribution < -0.4 is 4.72 Å². The fourth-order valence-electron chi connectivity index (χ4n) is 4.07. The lowest BCUT2D eigenvalue weighted by atomic mass is 9.73. The van der Waals surface area contributed by atoms with E-state index in [4.69, 9.17) is 9.47 Å². The van der Waals surface area contributed by atoms with Gasteiger partial charge in [-0.25, -0.2) is 22.7 Å². The van der Waals surface area contributed by atoms with Crippen molar-refractivity contribution < 1.29 is 27.5 Å². The SMILES string of the molecule is CC(C)(C)OC(=O)/C=C/CC(CS(=O)(=O)NC(=O)OCc1ccccc1)(c1ccccc1)c1ccccc1. The van der Waals surface area contributed by atoms with E-state index in [2.05, 4.69) is 0 Å². The van der Waals surface area contributed by atoms with E-state index in [1.165, 1.54) is 6.08 Å². The van der Waals surface area contributed by atoms with Crippen LogP contribution in [0.5, 0.6) is 0 Å². The molecule has 0 atom stereocenters. The van der Waals surface area contributed by atoms with E-state index in [1.807, 2.05) is 71.5 Å². The lowest BCUT2D eigenvalue weighted by molar-refractivity contribution is -0.148. The molecule has 3 rings (SSSR count). The summed E-state index contributed by atoms with van der Waals surface area (Å²) in [4.78, 5) is 24.8. The summed E-state index contributed by atoms with van der Waals surface area (Å²) < 4.78 is 39.3. The van der Waals surface area contributed by atoms with Gasteiger partial charge in [0.25, 0.3) is 0 Å². The molecule has 0 bridgehead atoms. The lowest BCUT2D eigenvalue weighted by Gasteiger charge is -2.34. The van der Waals surface area contributed by atoms with Crippen LogP contribution in [0, 0.1) is 0 Å². The summed E-state index contributed by atoms with van der Waals surface area (Å²) in [5.41, 5.74) is 0.374. The van der Waals surface area contributed by atoms with Gasteiger partial charge in [-0.2, -0.15) is 0 Å². The van der Waals surface area contributed by atoms with Crippen LogP contribution in [-0.4, -0.2) is 31.8 Å². The largest absolute Gasteiger partial charge is 0.457 e. The number of allylic oxidation sites excluding steroid dienone is 1. The molecule has 0 saturated heterocycles. The zero-order chi connectivity index (χ0) is 27.7. The molecule has 0 saturated carbocycles. The van der Waals surface area contributed by atoms with Gasteiger partial charge in [-0.15, -0.1) is 0 Å². The first-order valence-electron chi connectivity index (χ1n) is 12.2. The molecule has 3 aromatic carbocycles. The number of benzene rings is 3. The molecule has 3 aromatic rings. The molecule has 0 aromatic heterocycles. The molecule has 38 heavy (non-hydrogen) atoms. The number of hydrogen-bond donors (Lipinski definition) is 1. The van der Waals surface area contributed by atoms with E-state index in [-0.39, 0.29) is 13.0 Å². The van der Waals surface area contributed by atoms with Crippen molar-refractivity contribution in [2.24, 2.45) is 0 Å². The Bertz CT molecular complexity index is 1290.